The molecular weight excluding hydrogens is 428 g/mol. The molecule has 0 bridgehead atoms. The third kappa shape index (κ3) is 7.78. The van der Waals surface area contributed by atoms with Gasteiger partial charge in [-0.2, -0.15) is 0 Å². The standard InChI is InChI=1S/C27H34N4O3/c1-30(17-13-23-11-12-25(33-2)20-26(23)34-3)16-6-14-29-27(32)10-5-8-22-7-4-9-24(19-22)31-18-15-28-21-31/h4-5,7-9,11-12,15,18-21H,6,10,13-14,16-17H2,1-3H3,(H,29,32)/b8-5-. The quantitative estimate of drug-likeness (QED) is 0.389. The zero-order valence-corrected chi connectivity index (χ0v) is 20.2. The van der Waals surface area contributed by atoms with E-state index in [9.17, 15) is 4.79 Å². The number of imidazole rings is 1. The Balaban J connectivity index is 1.33. The maximum Gasteiger partial charge on any atom is 0.223 e. The van der Waals surface area contributed by atoms with Crippen molar-refractivity contribution in [1.29, 1.82) is 0 Å². The Morgan fingerprint density at radius 2 is 2.03 bits per heavy atom. The van der Waals surface area contributed by atoms with Gasteiger partial charge < -0.3 is 24.3 Å². The number of carbonyl (C=O) groups is 1. The van der Waals surface area contributed by atoms with Crippen molar-refractivity contribution < 1.29 is 14.3 Å². The number of methoxy groups -OCH3 is 2. The number of benzene rings is 2. The third-order valence-electron chi connectivity index (χ3n) is 5.58. The molecule has 0 spiro atoms. The fourth-order valence-electron chi connectivity index (χ4n) is 3.63. The normalized spacial score (nSPS) is 11.2. The Labute approximate surface area is 202 Å². The van der Waals surface area contributed by atoms with Gasteiger partial charge in [-0.15, -0.1) is 0 Å². The molecule has 0 atom stereocenters. The summed E-state index contributed by atoms with van der Waals surface area (Å²) in [4.78, 5) is 18.5. The van der Waals surface area contributed by atoms with Crippen LogP contribution in [0.25, 0.3) is 11.8 Å². The molecule has 1 N–H and O–H groups in total. The summed E-state index contributed by atoms with van der Waals surface area (Å²) in [5, 5.41) is 3.00. The van der Waals surface area contributed by atoms with Gasteiger partial charge in [0, 0.05) is 43.7 Å². The van der Waals surface area contributed by atoms with E-state index in [0.717, 1.165) is 54.2 Å². The number of rotatable bonds is 13. The molecule has 0 unspecified atom stereocenters. The second kappa shape index (κ2) is 13.2. The second-order valence-electron chi connectivity index (χ2n) is 8.11. The molecule has 0 aliphatic heterocycles. The van der Waals surface area contributed by atoms with Crippen LogP contribution in [0.4, 0.5) is 0 Å². The number of hydrogen-bond acceptors (Lipinski definition) is 5. The topological polar surface area (TPSA) is 68.6 Å². The van der Waals surface area contributed by atoms with Crippen LogP contribution in [0.1, 0.15) is 24.0 Å². The average Bonchev–Trinajstić information content (AvgIpc) is 3.40. The van der Waals surface area contributed by atoms with E-state index < -0.39 is 0 Å². The van der Waals surface area contributed by atoms with E-state index >= 15 is 0 Å². The summed E-state index contributed by atoms with van der Waals surface area (Å²) in [6.45, 7) is 2.49. The molecule has 1 amide bonds. The van der Waals surface area contributed by atoms with Gasteiger partial charge in [0.15, 0.2) is 0 Å². The molecule has 34 heavy (non-hydrogen) atoms. The Morgan fingerprint density at radius 3 is 2.79 bits per heavy atom. The summed E-state index contributed by atoms with van der Waals surface area (Å²) in [5.41, 5.74) is 3.25. The van der Waals surface area contributed by atoms with Gasteiger partial charge in [0.1, 0.15) is 11.5 Å². The fraction of sp³-hybridized carbons (Fsp3) is 0.333. The SMILES string of the molecule is COc1ccc(CCN(C)CCCNC(=O)C/C=C\c2cccc(-n3ccnc3)c2)c(OC)c1. The van der Waals surface area contributed by atoms with Gasteiger partial charge in [0.25, 0.3) is 0 Å². The lowest BCUT2D eigenvalue weighted by molar-refractivity contribution is -0.120. The molecule has 0 aliphatic carbocycles. The van der Waals surface area contributed by atoms with Gasteiger partial charge in [-0.3, -0.25) is 4.79 Å². The van der Waals surface area contributed by atoms with Crippen molar-refractivity contribution in [3.05, 3.63) is 78.4 Å². The summed E-state index contributed by atoms with van der Waals surface area (Å²) in [6, 6.07) is 14.0. The van der Waals surface area contributed by atoms with E-state index in [-0.39, 0.29) is 5.91 Å². The fourth-order valence-corrected chi connectivity index (χ4v) is 3.63. The van der Waals surface area contributed by atoms with E-state index in [1.165, 1.54) is 0 Å². The van der Waals surface area contributed by atoms with Crippen molar-refractivity contribution in [2.45, 2.75) is 19.3 Å². The average molecular weight is 463 g/mol. The number of likely N-dealkylation sites (N-methyl/N-ethyl adjacent to an activating group) is 1. The molecule has 180 valence electrons. The van der Waals surface area contributed by atoms with Crippen molar-refractivity contribution in [2.24, 2.45) is 0 Å². The highest BCUT2D eigenvalue weighted by Crippen LogP contribution is 2.25. The monoisotopic (exact) mass is 462 g/mol. The summed E-state index contributed by atoms with van der Waals surface area (Å²) in [7, 11) is 5.43. The molecule has 1 heterocycles. The smallest absolute Gasteiger partial charge is 0.223 e. The highest BCUT2D eigenvalue weighted by atomic mass is 16.5. The summed E-state index contributed by atoms with van der Waals surface area (Å²) in [6.07, 6.45) is 11.5. The number of aromatic nitrogens is 2. The number of nitrogens with zero attached hydrogens (tertiary/aromatic N) is 3. The van der Waals surface area contributed by atoms with Crippen LogP contribution < -0.4 is 14.8 Å². The molecule has 3 rings (SSSR count). The Hall–Kier alpha value is -3.58. The minimum atomic E-state index is 0.0348. The van der Waals surface area contributed by atoms with Crippen LogP contribution in [0, 0.1) is 0 Å². The van der Waals surface area contributed by atoms with Crippen molar-refractivity contribution >= 4 is 12.0 Å². The van der Waals surface area contributed by atoms with Crippen LogP contribution in [-0.2, 0) is 11.2 Å². The zero-order chi connectivity index (χ0) is 24.2. The maximum atomic E-state index is 12.2. The van der Waals surface area contributed by atoms with Crippen LogP contribution in [0.5, 0.6) is 11.5 Å². The van der Waals surface area contributed by atoms with Crippen molar-refractivity contribution in [3.63, 3.8) is 0 Å². The van der Waals surface area contributed by atoms with Gasteiger partial charge in [-0.1, -0.05) is 30.4 Å². The predicted molar refractivity (Wildman–Crippen MR) is 136 cm³/mol. The van der Waals surface area contributed by atoms with E-state index in [2.05, 4.69) is 28.3 Å². The molecule has 2 aromatic carbocycles. The molecule has 0 saturated carbocycles. The largest absolute Gasteiger partial charge is 0.497 e. The third-order valence-corrected chi connectivity index (χ3v) is 5.58. The zero-order valence-electron chi connectivity index (χ0n) is 20.2. The Morgan fingerprint density at radius 1 is 1.15 bits per heavy atom. The highest BCUT2D eigenvalue weighted by molar-refractivity contribution is 5.78. The summed E-state index contributed by atoms with van der Waals surface area (Å²) in [5.74, 6) is 1.68. The maximum absolute atomic E-state index is 12.2. The van der Waals surface area contributed by atoms with Gasteiger partial charge in [-0.05, 0) is 55.8 Å². The van der Waals surface area contributed by atoms with Gasteiger partial charge in [0.2, 0.25) is 5.91 Å². The summed E-state index contributed by atoms with van der Waals surface area (Å²) >= 11 is 0. The van der Waals surface area contributed by atoms with E-state index in [4.69, 9.17) is 9.47 Å². The van der Waals surface area contributed by atoms with Crippen LogP contribution in [0.2, 0.25) is 0 Å². The second-order valence-corrected chi connectivity index (χ2v) is 8.11. The van der Waals surface area contributed by atoms with E-state index in [0.29, 0.717) is 13.0 Å². The van der Waals surface area contributed by atoms with Crippen LogP contribution in [0.15, 0.2) is 67.3 Å². The van der Waals surface area contributed by atoms with Crippen LogP contribution in [0.3, 0.4) is 0 Å². The van der Waals surface area contributed by atoms with Crippen LogP contribution in [-0.4, -0.2) is 61.3 Å². The Bertz CT molecular complexity index is 1060. The van der Waals surface area contributed by atoms with Crippen LogP contribution >= 0.6 is 0 Å². The predicted octanol–water partition coefficient (Wildman–Crippen LogP) is 3.97. The lowest BCUT2D eigenvalue weighted by atomic mass is 10.1. The minimum absolute atomic E-state index is 0.0348. The Kier molecular flexibility index (Phi) is 9.73. The van der Waals surface area contributed by atoms with Crippen molar-refractivity contribution in [3.8, 4) is 17.2 Å². The summed E-state index contributed by atoms with van der Waals surface area (Å²) < 4.78 is 12.7. The van der Waals surface area contributed by atoms with Crippen molar-refractivity contribution in [1.82, 2.24) is 19.8 Å². The minimum Gasteiger partial charge on any atom is -0.497 e. The molecule has 0 fully saturated rings. The van der Waals surface area contributed by atoms with Gasteiger partial charge in [-0.25, -0.2) is 4.98 Å². The first-order valence-electron chi connectivity index (χ1n) is 11.5. The highest BCUT2D eigenvalue weighted by Gasteiger charge is 2.07. The first kappa shape index (κ1) is 25.1. The molecule has 0 radical (unpaired) electrons. The van der Waals surface area contributed by atoms with E-state index in [1.54, 1.807) is 26.7 Å². The molecule has 1 aromatic heterocycles. The number of carbonyl (C=O) groups excluding carboxylic acids is 1. The number of nitrogens with one attached hydrogen (secondary N) is 1. The lowest BCUT2D eigenvalue weighted by Crippen LogP contribution is -2.28. The number of ether oxygens (including phenoxy) is 2. The molecule has 7 heteroatoms. The number of amides is 1. The van der Waals surface area contributed by atoms with E-state index in [1.807, 2.05) is 59.3 Å². The number of hydrogen-bond donors (Lipinski definition) is 1. The first-order valence-corrected chi connectivity index (χ1v) is 11.5. The molecule has 7 nitrogen and oxygen atoms in total. The van der Waals surface area contributed by atoms with Gasteiger partial charge >= 0.3 is 0 Å². The molecule has 3 aromatic rings. The lowest BCUT2D eigenvalue weighted by Gasteiger charge is -2.18. The van der Waals surface area contributed by atoms with Crippen molar-refractivity contribution in [2.75, 3.05) is 40.9 Å². The molecule has 0 saturated heterocycles. The molecular formula is C27H34N4O3. The molecule has 0 aliphatic rings. The first-order chi connectivity index (χ1) is 16.6. The van der Waals surface area contributed by atoms with Gasteiger partial charge in [0.05, 0.1) is 20.5 Å².